The van der Waals surface area contributed by atoms with Crippen LogP contribution in [0.4, 0.5) is 20.3 Å². The molecule has 8 nitrogen and oxygen atoms in total. The van der Waals surface area contributed by atoms with Gasteiger partial charge in [-0.25, -0.2) is 27.0 Å². The molecule has 2 saturated heterocycles. The number of halogens is 2. The van der Waals surface area contributed by atoms with Crippen molar-refractivity contribution in [3.63, 3.8) is 0 Å². The van der Waals surface area contributed by atoms with Crippen molar-refractivity contribution in [2.24, 2.45) is 5.92 Å². The number of sulfonamides is 1. The summed E-state index contributed by atoms with van der Waals surface area (Å²) in [7, 11) is -4.49. The Labute approximate surface area is 191 Å². The van der Waals surface area contributed by atoms with E-state index in [1.165, 1.54) is 19.0 Å². The first-order valence-electron chi connectivity index (χ1n) is 10.9. The number of aromatic nitrogens is 1. The van der Waals surface area contributed by atoms with E-state index in [-0.39, 0.29) is 17.1 Å². The van der Waals surface area contributed by atoms with Crippen LogP contribution in [-0.4, -0.2) is 62.1 Å². The predicted molar refractivity (Wildman–Crippen MR) is 119 cm³/mol. The number of nitrogens with zero attached hydrogens (tertiary/aromatic N) is 3. The Bertz CT molecular complexity index is 1140. The molecular formula is C22H26F2N4O4S. The van der Waals surface area contributed by atoms with E-state index in [9.17, 15) is 27.1 Å². The lowest BCUT2D eigenvalue weighted by atomic mass is 9.97. The number of carbonyl (C=O) groups is 1. The van der Waals surface area contributed by atoms with Crippen molar-refractivity contribution in [1.82, 2.24) is 9.88 Å². The highest BCUT2D eigenvalue weighted by Gasteiger charge is 2.28. The molecule has 2 aliphatic heterocycles. The van der Waals surface area contributed by atoms with Gasteiger partial charge in [-0.15, -0.1) is 0 Å². The monoisotopic (exact) mass is 480 g/mol. The Morgan fingerprint density at radius 3 is 2.64 bits per heavy atom. The zero-order chi connectivity index (χ0) is 23.6. The molecular weight excluding hydrogens is 454 g/mol. The molecule has 2 aliphatic rings. The summed E-state index contributed by atoms with van der Waals surface area (Å²) in [6.45, 7) is 4.48. The number of hydrogen-bond donors (Lipinski definition) is 2. The van der Waals surface area contributed by atoms with E-state index in [2.05, 4.69) is 14.6 Å². The smallest absolute Gasteiger partial charge is 0.339 e. The van der Waals surface area contributed by atoms with Gasteiger partial charge in [0.05, 0.1) is 11.9 Å². The first-order chi connectivity index (χ1) is 15.7. The maximum Gasteiger partial charge on any atom is 0.339 e. The second-order valence-corrected chi connectivity index (χ2v) is 10.2. The molecule has 0 amide bonds. The Hall–Kier alpha value is -2.79. The third-order valence-corrected chi connectivity index (χ3v) is 7.46. The minimum absolute atomic E-state index is 0.148. The molecule has 2 N–H and O–H groups in total. The number of anilines is 2. The molecule has 2 fully saturated rings. The number of carboxylic acid groups (broad SMARTS) is 1. The molecule has 1 atom stereocenters. The summed E-state index contributed by atoms with van der Waals surface area (Å²) >= 11 is 0. The van der Waals surface area contributed by atoms with E-state index in [1.54, 1.807) is 0 Å². The second-order valence-electron chi connectivity index (χ2n) is 8.54. The summed E-state index contributed by atoms with van der Waals surface area (Å²) in [4.78, 5) is 19.7. The molecule has 1 aromatic heterocycles. The molecule has 2 aromatic rings. The number of carboxylic acids is 1. The van der Waals surface area contributed by atoms with Crippen molar-refractivity contribution < 1.29 is 27.1 Å². The molecule has 0 saturated carbocycles. The molecule has 0 radical (unpaired) electrons. The van der Waals surface area contributed by atoms with E-state index in [0.29, 0.717) is 31.1 Å². The van der Waals surface area contributed by atoms with Crippen LogP contribution in [0.2, 0.25) is 0 Å². The van der Waals surface area contributed by atoms with Gasteiger partial charge in [-0.3, -0.25) is 4.72 Å². The average Bonchev–Trinajstić information content (AvgIpc) is 3.28. The molecule has 33 heavy (non-hydrogen) atoms. The summed E-state index contributed by atoms with van der Waals surface area (Å²) in [6, 6.07) is 3.24. The van der Waals surface area contributed by atoms with Gasteiger partial charge in [0.2, 0.25) is 0 Å². The molecule has 0 unspecified atom stereocenters. The normalized spacial score (nSPS) is 19.6. The number of hydrogen-bond acceptors (Lipinski definition) is 6. The standard InChI is InChI=1S/C22H26F2N4O4S/c23-16-5-6-19(24)20(10-16)33(31,32)26-17-11-18(22(29)30)21(25-12-17)28-9-3-4-15(14-28)13-27-7-1-2-8-27/h5-6,10-12,15,26H,1-4,7-9,13-14H2,(H,29,30)/t15-/m0/s1. The SMILES string of the molecule is O=C(O)c1cc(NS(=O)(=O)c2cc(F)ccc2F)cnc1N1CCC[C@@H](CN2CCCC2)C1. The van der Waals surface area contributed by atoms with Gasteiger partial charge >= 0.3 is 5.97 Å². The van der Waals surface area contributed by atoms with Gasteiger partial charge in [-0.05, 0) is 69.0 Å². The number of piperidine rings is 1. The largest absolute Gasteiger partial charge is 0.478 e. The Balaban J connectivity index is 1.55. The van der Waals surface area contributed by atoms with Gasteiger partial charge in [0.15, 0.2) is 0 Å². The van der Waals surface area contributed by atoms with Crippen LogP contribution < -0.4 is 9.62 Å². The molecule has 3 heterocycles. The van der Waals surface area contributed by atoms with Crippen molar-refractivity contribution in [3.8, 4) is 0 Å². The minimum Gasteiger partial charge on any atom is -0.478 e. The predicted octanol–water partition coefficient (Wildman–Crippen LogP) is 3.17. The van der Waals surface area contributed by atoms with Gasteiger partial charge in [-0.1, -0.05) is 0 Å². The van der Waals surface area contributed by atoms with E-state index in [1.807, 2.05) is 4.90 Å². The van der Waals surface area contributed by atoms with Crippen LogP contribution >= 0.6 is 0 Å². The van der Waals surface area contributed by atoms with Crippen molar-refractivity contribution in [2.75, 3.05) is 42.3 Å². The molecule has 0 bridgehead atoms. The number of aromatic carboxylic acids is 1. The number of nitrogens with one attached hydrogen (secondary N) is 1. The van der Waals surface area contributed by atoms with E-state index < -0.39 is 32.5 Å². The summed E-state index contributed by atoms with van der Waals surface area (Å²) < 4.78 is 54.6. The van der Waals surface area contributed by atoms with Gasteiger partial charge in [0.1, 0.15) is 27.9 Å². The van der Waals surface area contributed by atoms with Gasteiger partial charge in [-0.2, -0.15) is 0 Å². The highest BCUT2D eigenvalue weighted by atomic mass is 32.2. The van der Waals surface area contributed by atoms with Crippen molar-refractivity contribution in [3.05, 3.63) is 47.7 Å². The topological polar surface area (TPSA) is 103 Å². The number of pyridine rings is 1. The van der Waals surface area contributed by atoms with Crippen LogP contribution in [0.25, 0.3) is 0 Å². The first kappa shape index (κ1) is 23.4. The minimum atomic E-state index is -4.49. The lowest BCUT2D eigenvalue weighted by molar-refractivity contribution is 0.0697. The number of likely N-dealkylation sites (tertiary alicyclic amines) is 1. The zero-order valence-electron chi connectivity index (χ0n) is 18.0. The fraction of sp³-hybridized carbons (Fsp3) is 0.455. The summed E-state index contributed by atoms with van der Waals surface area (Å²) in [6.07, 6.45) is 5.58. The maximum atomic E-state index is 14.0. The van der Waals surface area contributed by atoms with Gasteiger partial charge in [0.25, 0.3) is 10.0 Å². The highest BCUT2D eigenvalue weighted by molar-refractivity contribution is 7.92. The summed E-state index contributed by atoms with van der Waals surface area (Å²) in [5.41, 5.74) is -0.304. The quantitative estimate of drug-likeness (QED) is 0.628. The van der Waals surface area contributed by atoms with Gasteiger partial charge < -0.3 is 14.9 Å². The molecule has 4 rings (SSSR count). The fourth-order valence-electron chi connectivity index (χ4n) is 4.55. The molecule has 0 aliphatic carbocycles. The van der Waals surface area contributed by atoms with E-state index in [0.717, 1.165) is 44.6 Å². The van der Waals surface area contributed by atoms with Crippen LogP contribution in [0.1, 0.15) is 36.0 Å². The Morgan fingerprint density at radius 1 is 1.15 bits per heavy atom. The summed E-state index contributed by atoms with van der Waals surface area (Å²) in [5, 5.41) is 9.75. The maximum absolute atomic E-state index is 14.0. The van der Waals surface area contributed by atoms with Crippen LogP contribution in [0.5, 0.6) is 0 Å². The van der Waals surface area contributed by atoms with Crippen LogP contribution in [-0.2, 0) is 10.0 Å². The van der Waals surface area contributed by atoms with Gasteiger partial charge in [0, 0.05) is 19.6 Å². The Morgan fingerprint density at radius 2 is 1.91 bits per heavy atom. The summed E-state index contributed by atoms with van der Waals surface area (Å²) in [5.74, 6) is -2.62. The molecule has 11 heteroatoms. The average molecular weight is 481 g/mol. The number of rotatable bonds is 7. The molecule has 0 spiro atoms. The third-order valence-electron chi connectivity index (χ3n) is 6.07. The van der Waals surface area contributed by atoms with Crippen LogP contribution in [0.15, 0.2) is 35.4 Å². The second kappa shape index (κ2) is 9.60. The van der Waals surface area contributed by atoms with Crippen LogP contribution in [0.3, 0.4) is 0 Å². The van der Waals surface area contributed by atoms with Crippen molar-refractivity contribution in [1.29, 1.82) is 0 Å². The fourth-order valence-corrected chi connectivity index (χ4v) is 5.68. The molecule has 178 valence electrons. The first-order valence-corrected chi connectivity index (χ1v) is 12.4. The van der Waals surface area contributed by atoms with E-state index in [4.69, 9.17) is 0 Å². The van der Waals surface area contributed by atoms with Crippen molar-refractivity contribution in [2.45, 2.75) is 30.6 Å². The molecule has 1 aromatic carbocycles. The lowest BCUT2D eigenvalue weighted by Crippen LogP contribution is -2.41. The van der Waals surface area contributed by atoms with E-state index >= 15 is 0 Å². The lowest BCUT2D eigenvalue weighted by Gasteiger charge is -2.36. The highest BCUT2D eigenvalue weighted by Crippen LogP contribution is 2.29. The number of benzene rings is 1. The van der Waals surface area contributed by atoms with Crippen LogP contribution in [0, 0.1) is 17.6 Å². The Kier molecular flexibility index (Phi) is 6.80. The zero-order valence-corrected chi connectivity index (χ0v) is 18.8. The third kappa shape index (κ3) is 5.41. The van der Waals surface area contributed by atoms with Crippen molar-refractivity contribution >= 4 is 27.5 Å².